The van der Waals surface area contributed by atoms with Crippen LogP contribution in [-0.2, 0) is 27.3 Å². The molecule has 3 aliphatic rings. The van der Waals surface area contributed by atoms with Crippen molar-refractivity contribution in [3.63, 3.8) is 0 Å². The molecule has 1 atom stereocenters. The number of β-amino-alcohol motifs (C(OH)–C–C–N with tert-alkyl or cyclic N) is 1. The average Bonchev–Trinajstić information content (AvgIpc) is 3.84. The van der Waals surface area contributed by atoms with Gasteiger partial charge in [0.25, 0.3) is 11.8 Å². The number of aliphatic hydroxyl groups is 1. The zero-order valence-corrected chi connectivity index (χ0v) is 37.6. The molecule has 1 unspecified atom stereocenters. The van der Waals surface area contributed by atoms with E-state index in [4.69, 9.17) is 14.8 Å². The second kappa shape index (κ2) is 21.7. The van der Waals surface area contributed by atoms with Crippen molar-refractivity contribution in [1.82, 2.24) is 35.0 Å². The molecule has 0 saturated carbocycles. The van der Waals surface area contributed by atoms with Crippen molar-refractivity contribution in [2.24, 2.45) is 0 Å². The highest BCUT2D eigenvalue weighted by Crippen LogP contribution is 2.35. The van der Waals surface area contributed by atoms with Crippen LogP contribution < -0.4 is 20.3 Å². The molecule has 14 nitrogen and oxygen atoms in total. The lowest BCUT2D eigenvalue weighted by atomic mass is 9.99. The number of imide groups is 1. The summed E-state index contributed by atoms with van der Waals surface area (Å²) in [6.45, 7) is 7.11. The van der Waals surface area contributed by atoms with E-state index < -0.39 is 11.9 Å². The summed E-state index contributed by atoms with van der Waals surface area (Å²) in [6, 6.07) is 25.9. The number of amides is 4. The van der Waals surface area contributed by atoms with Gasteiger partial charge in [-0.2, -0.15) is 9.61 Å². The molecule has 342 valence electrons. The lowest BCUT2D eigenvalue weighted by molar-refractivity contribution is -0.137. The summed E-state index contributed by atoms with van der Waals surface area (Å²) in [6.07, 6.45) is 11.8. The van der Waals surface area contributed by atoms with Crippen molar-refractivity contribution in [1.29, 1.82) is 0 Å². The summed E-state index contributed by atoms with van der Waals surface area (Å²) in [4.78, 5) is 61.1. The molecule has 3 aliphatic heterocycles. The third-order valence-corrected chi connectivity index (χ3v) is 13.0. The number of fused-ring (bicyclic) bond motifs is 2. The number of carbonyl (C=O) groups excluding carboxylic acids is 4. The van der Waals surface area contributed by atoms with Crippen molar-refractivity contribution in [3.8, 4) is 28.1 Å². The number of anilines is 1. The first-order chi connectivity index (χ1) is 31.8. The number of nitrogens with zero attached hydrogens (tertiary/aromatic N) is 6. The van der Waals surface area contributed by atoms with Gasteiger partial charge < -0.3 is 25.0 Å². The molecular weight excluding hydrogens is 821 g/mol. The number of nitrogens with one attached hydrogen (secondary N) is 2. The lowest BCUT2D eigenvalue weighted by Gasteiger charge is -2.35. The molecule has 2 aromatic heterocycles. The Balaban J connectivity index is 0.734. The maximum absolute atomic E-state index is 13.1. The largest absolute Gasteiger partial charge is 0.483 e. The molecule has 0 spiro atoms. The van der Waals surface area contributed by atoms with Crippen LogP contribution in [0.25, 0.3) is 28.0 Å². The fourth-order valence-corrected chi connectivity index (χ4v) is 9.46. The minimum atomic E-state index is -0.702. The summed E-state index contributed by atoms with van der Waals surface area (Å²) in [5.41, 5.74) is 8.52. The van der Waals surface area contributed by atoms with Crippen LogP contribution >= 0.6 is 0 Å². The molecule has 2 fully saturated rings. The Hall–Kier alpha value is -6.12. The van der Waals surface area contributed by atoms with Gasteiger partial charge in [-0.25, -0.2) is 4.98 Å². The van der Waals surface area contributed by atoms with Crippen LogP contribution in [0.3, 0.4) is 0 Å². The summed E-state index contributed by atoms with van der Waals surface area (Å²) in [5.74, 6) is 0.232. The van der Waals surface area contributed by atoms with Gasteiger partial charge in [0.15, 0.2) is 12.3 Å². The topological polar surface area (TPSA) is 162 Å². The van der Waals surface area contributed by atoms with Crippen molar-refractivity contribution in [3.05, 3.63) is 101 Å². The molecular formula is C51H62N8O6. The molecule has 14 heteroatoms. The van der Waals surface area contributed by atoms with Crippen molar-refractivity contribution in [2.45, 2.75) is 96.6 Å². The minimum Gasteiger partial charge on any atom is -0.483 e. The van der Waals surface area contributed by atoms with Crippen LogP contribution in [-0.4, -0.2) is 112 Å². The van der Waals surface area contributed by atoms with Gasteiger partial charge in [-0.1, -0.05) is 106 Å². The van der Waals surface area contributed by atoms with Gasteiger partial charge in [0.1, 0.15) is 17.6 Å². The number of ether oxygens (including phenoxy) is 1. The van der Waals surface area contributed by atoms with Crippen LogP contribution in [0.5, 0.6) is 5.75 Å². The Morgan fingerprint density at radius 1 is 0.846 bits per heavy atom. The van der Waals surface area contributed by atoms with Crippen LogP contribution in [0.2, 0.25) is 0 Å². The Morgan fingerprint density at radius 2 is 1.57 bits per heavy atom. The van der Waals surface area contributed by atoms with Crippen LogP contribution in [0.4, 0.5) is 5.82 Å². The molecule has 65 heavy (non-hydrogen) atoms. The normalized spacial score (nSPS) is 16.6. The van der Waals surface area contributed by atoms with Crippen molar-refractivity contribution >= 4 is 35.1 Å². The summed E-state index contributed by atoms with van der Waals surface area (Å²) in [5, 5.41) is 19.8. The molecule has 3 aromatic carbocycles. The van der Waals surface area contributed by atoms with E-state index in [1.807, 2.05) is 10.6 Å². The van der Waals surface area contributed by atoms with Gasteiger partial charge >= 0.3 is 0 Å². The average molecular weight is 883 g/mol. The number of carbonyl (C=O) groups is 4. The van der Waals surface area contributed by atoms with E-state index >= 15 is 0 Å². The Labute approximate surface area is 381 Å². The van der Waals surface area contributed by atoms with Crippen LogP contribution in [0.1, 0.15) is 97.8 Å². The van der Waals surface area contributed by atoms with E-state index in [0.717, 1.165) is 97.8 Å². The predicted octanol–water partition coefficient (Wildman–Crippen LogP) is 6.50. The number of aryl methyl sites for hydroxylation is 2. The SMILES string of the molecule is Cc1nn2c(N3CCN(CCO)CC3)cc(-c3ccccc3)nc2c1-c1cccc(CCCCCCCCCCCNC(=O)COc2cccc3c2CN(C2CCC(=O)NC2=O)C3=O)c1. The van der Waals surface area contributed by atoms with Gasteiger partial charge in [-0.15, -0.1) is 0 Å². The fraction of sp³-hybridized carbons (Fsp3) is 0.451. The number of rotatable bonds is 21. The first-order valence-electron chi connectivity index (χ1n) is 23.6. The van der Waals surface area contributed by atoms with E-state index in [1.54, 1.807) is 18.2 Å². The predicted molar refractivity (Wildman–Crippen MR) is 251 cm³/mol. The van der Waals surface area contributed by atoms with E-state index in [-0.39, 0.29) is 50.3 Å². The number of hydrogen-bond acceptors (Lipinski definition) is 10. The van der Waals surface area contributed by atoms with Crippen molar-refractivity contribution in [2.75, 3.05) is 57.4 Å². The highest BCUT2D eigenvalue weighted by atomic mass is 16.5. The zero-order chi connectivity index (χ0) is 45.1. The maximum atomic E-state index is 13.1. The monoisotopic (exact) mass is 882 g/mol. The molecule has 0 bridgehead atoms. The number of piperidine rings is 1. The number of unbranched alkanes of at least 4 members (excludes halogenated alkanes) is 8. The quantitative estimate of drug-likeness (QED) is 0.0549. The van der Waals surface area contributed by atoms with Crippen LogP contribution in [0.15, 0.2) is 78.9 Å². The van der Waals surface area contributed by atoms with Gasteiger partial charge in [-0.05, 0) is 55.9 Å². The van der Waals surface area contributed by atoms with E-state index in [9.17, 15) is 24.3 Å². The van der Waals surface area contributed by atoms with Crippen molar-refractivity contribution < 1.29 is 29.0 Å². The molecule has 2 saturated heterocycles. The summed E-state index contributed by atoms with van der Waals surface area (Å²) < 4.78 is 7.87. The molecule has 0 radical (unpaired) electrons. The smallest absolute Gasteiger partial charge is 0.257 e. The van der Waals surface area contributed by atoms with E-state index in [2.05, 4.69) is 82.0 Å². The summed E-state index contributed by atoms with van der Waals surface area (Å²) >= 11 is 0. The number of aromatic nitrogens is 3. The highest BCUT2D eigenvalue weighted by Gasteiger charge is 2.40. The van der Waals surface area contributed by atoms with E-state index in [1.165, 1.54) is 42.6 Å². The second-order valence-corrected chi connectivity index (χ2v) is 17.6. The fourth-order valence-electron chi connectivity index (χ4n) is 9.46. The molecule has 5 aromatic rings. The van der Waals surface area contributed by atoms with E-state index in [0.29, 0.717) is 30.0 Å². The standard InChI is InChI=1S/C51H62N8O6/c1-36-48(49-53-42(38-18-11-9-12-19-38)33-47(59(49)55-36)57-28-26-56(27-29-57)30-31-60)39-20-14-17-37(32-39)16-10-7-5-3-2-4-6-8-13-25-52-46(62)35-65-44-22-15-21-40-41(44)34-58(51(40)64)43-23-24-45(61)54-50(43)63/h9,11-12,14-15,17-22,32-33,43,60H,2-8,10,13,16,23-31,34-35H2,1H3,(H,52,62)(H,54,61,63). The zero-order valence-electron chi connectivity index (χ0n) is 37.6. The third-order valence-electron chi connectivity index (χ3n) is 13.0. The Kier molecular flexibility index (Phi) is 15.2. The molecule has 0 aliphatic carbocycles. The molecule has 3 N–H and O–H groups in total. The first-order valence-corrected chi connectivity index (χ1v) is 23.6. The molecule has 4 amide bonds. The van der Waals surface area contributed by atoms with Gasteiger partial charge in [0, 0.05) is 74.0 Å². The third kappa shape index (κ3) is 11.1. The highest BCUT2D eigenvalue weighted by molar-refractivity contribution is 6.05. The van der Waals surface area contributed by atoms with Crippen LogP contribution in [0, 0.1) is 6.92 Å². The maximum Gasteiger partial charge on any atom is 0.257 e. The molecule has 5 heterocycles. The Morgan fingerprint density at radius 3 is 2.32 bits per heavy atom. The number of hydrogen-bond donors (Lipinski definition) is 3. The summed E-state index contributed by atoms with van der Waals surface area (Å²) in [7, 11) is 0. The first kappa shape index (κ1) is 45.4. The Bertz CT molecular complexity index is 2460. The molecule has 8 rings (SSSR count). The van der Waals surface area contributed by atoms with Gasteiger partial charge in [0.2, 0.25) is 11.8 Å². The second-order valence-electron chi connectivity index (χ2n) is 17.6. The van der Waals surface area contributed by atoms with Gasteiger partial charge in [-0.3, -0.25) is 29.4 Å². The lowest BCUT2D eigenvalue weighted by Crippen LogP contribution is -2.52. The van der Waals surface area contributed by atoms with Gasteiger partial charge in [0.05, 0.1) is 24.5 Å². The number of aliphatic hydroxyl groups excluding tert-OH is 1. The number of piperazine rings is 1. The minimum absolute atomic E-state index is 0.156. The number of benzene rings is 3.